The molecule has 0 aromatic rings. The van der Waals surface area contributed by atoms with Gasteiger partial charge in [-0.2, -0.15) is 0 Å². The molecule has 0 rings (SSSR count). The van der Waals surface area contributed by atoms with Crippen LogP contribution in [0, 0.1) is 0 Å². The summed E-state index contributed by atoms with van der Waals surface area (Å²) in [5, 5.41) is 8.59. The minimum Gasteiger partial charge on any atom is -0.493 e. The van der Waals surface area contributed by atoms with Gasteiger partial charge in [0.1, 0.15) is 0 Å². The first-order valence-electron chi connectivity index (χ1n) is 2.01. The van der Waals surface area contributed by atoms with Gasteiger partial charge in [-0.15, -0.1) is 0 Å². The maximum atomic E-state index is 8.59. The van der Waals surface area contributed by atoms with E-state index in [-0.39, 0.29) is 5.88 Å². The fourth-order valence-corrected chi connectivity index (χ4v) is 0.158. The number of aliphatic hydroxyl groups is 1. The van der Waals surface area contributed by atoms with E-state index in [1.54, 1.807) is 13.8 Å². The number of aliphatic imine (C=N–C) groups is 1. The zero-order valence-corrected chi connectivity index (χ0v) is 4.60. The molecule has 1 N–H and O–H groups in total. The number of hydrogen-bond donors (Lipinski definition) is 1. The maximum Gasteiger partial charge on any atom is 0.208 e. The highest BCUT2D eigenvalue weighted by Gasteiger charge is 1.84. The SMILES string of the molecule is C=NC(O)=C(C)C. The molecule has 40 valence electrons. The quantitative estimate of drug-likeness (QED) is 0.392. The van der Waals surface area contributed by atoms with Gasteiger partial charge in [-0.25, -0.2) is 4.99 Å². The van der Waals surface area contributed by atoms with E-state index in [1.807, 2.05) is 0 Å². The average molecular weight is 99.1 g/mol. The van der Waals surface area contributed by atoms with Crippen molar-refractivity contribution in [3.63, 3.8) is 0 Å². The van der Waals surface area contributed by atoms with Gasteiger partial charge in [-0.3, -0.25) is 0 Å². The molecule has 0 saturated heterocycles. The first-order valence-corrected chi connectivity index (χ1v) is 2.01. The van der Waals surface area contributed by atoms with Gasteiger partial charge in [0, 0.05) is 0 Å². The summed E-state index contributed by atoms with van der Waals surface area (Å²) >= 11 is 0. The minimum absolute atomic E-state index is 0.0278. The van der Waals surface area contributed by atoms with Crippen LogP contribution in [0.25, 0.3) is 0 Å². The molecule has 0 unspecified atom stereocenters. The normalized spacial score (nSPS) is 7.71. The smallest absolute Gasteiger partial charge is 0.208 e. The lowest BCUT2D eigenvalue weighted by molar-refractivity contribution is 0.401. The van der Waals surface area contributed by atoms with Gasteiger partial charge >= 0.3 is 0 Å². The summed E-state index contributed by atoms with van der Waals surface area (Å²) in [6.07, 6.45) is 0. The number of rotatable bonds is 1. The van der Waals surface area contributed by atoms with E-state index in [2.05, 4.69) is 11.7 Å². The van der Waals surface area contributed by atoms with Crippen molar-refractivity contribution < 1.29 is 5.11 Å². The molecule has 0 heterocycles. The Bertz CT molecular complexity index is 101. The van der Waals surface area contributed by atoms with Crippen molar-refractivity contribution in [2.45, 2.75) is 13.8 Å². The Morgan fingerprint density at radius 2 is 2.00 bits per heavy atom. The molecular weight excluding hydrogens is 90.1 g/mol. The molecule has 0 aliphatic rings. The second-order valence-corrected chi connectivity index (χ2v) is 1.48. The van der Waals surface area contributed by atoms with E-state index >= 15 is 0 Å². The van der Waals surface area contributed by atoms with E-state index in [9.17, 15) is 0 Å². The van der Waals surface area contributed by atoms with E-state index in [0.29, 0.717) is 0 Å². The third-order valence-corrected chi connectivity index (χ3v) is 0.597. The molecule has 0 atom stereocenters. The monoisotopic (exact) mass is 99.1 g/mol. The highest BCUT2D eigenvalue weighted by molar-refractivity contribution is 5.27. The third kappa shape index (κ3) is 1.98. The molecule has 0 spiro atoms. The fraction of sp³-hybridized carbons (Fsp3) is 0.400. The van der Waals surface area contributed by atoms with Gasteiger partial charge < -0.3 is 5.11 Å². The molecule has 2 nitrogen and oxygen atoms in total. The van der Waals surface area contributed by atoms with E-state index in [0.717, 1.165) is 5.57 Å². The van der Waals surface area contributed by atoms with E-state index < -0.39 is 0 Å². The molecule has 0 saturated carbocycles. The van der Waals surface area contributed by atoms with Gasteiger partial charge in [-0.05, 0) is 26.1 Å². The van der Waals surface area contributed by atoms with Crippen LogP contribution in [0.15, 0.2) is 16.4 Å². The Morgan fingerprint density at radius 1 is 1.57 bits per heavy atom. The Morgan fingerprint density at radius 3 is 2.00 bits per heavy atom. The van der Waals surface area contributed by atoms with Crippen LogP contribution in [0.5, 0.6) is 0 Å². The Labute approximate surface area is 43.2 Å². The first-order chi connectivity index (χ1) is 3.18. The molecule has 0 aliphatic heterocycles. The Hall–Kier alpha value is -0.790. The van der Waals surface area contributed by atoms with Crippen molar-refractivity contribution in [2.75, 3.05) is 0 Å². The van der Waals surface area contributed by atoms with Gasteiger partial charge in [0.2, 0.25) is 5.88 Å². The summed E-state index contributed by atoms with van der Waals surface area (Å²) in [4.78, 5) is 3.27. The average Bonchev–Trinajstić information content (AvgIpc) is 1.65. The van der Waals surface area contributed by atoms with Crippen LogP contribution in [-0.4, -0.2) is 11.8 Å². The summed E-state index contributed by atoms with van der Waals surface area (Å²) in [6, 6.07) is 0. The van der Waals surface area contributed by atoms with Crippen LogP contribution in [0.1, 0.15) is 13.8 Å². The number of nitrogens with zero attached hydrogens (tertiary/aromatic N) is 1. The predicted octanol–water partition coefficient (Wildman–Crippen LogP) is 1.50. The van der Waals surface area contributed by atoms with Crippen LogP contribution < -0.4 is 0 Å². The highest BCUT2D eigenvalue weighted by Crippen LogP contribution is 1.96. The largest absolute Gasteiger partial charge is 0.493 e. The fourth-order valence-electron chi connectivity index (χ4n) is 0.158. The summed E-state index contributed by atoms with van der Waals surface area (Å²) < 4.78 is 0. The molecule has 0 aromatic heterocycles. The summed E-state index contributed by atoms with van der Waals surface area (Å²) in [6.45, 7) is 6.66. The highest BCUT2D eigenvalue weighted by atomic mass is 16.3. The molecule has 7 heavy (non-hydrogen) atoms. The summed E-state index contributed by atoms with van der Waals surface area (Å²) in [7, 11) is 0. The first kappa shape index (κ1) is 6.21. The lowest BCUT2D eigenvalue weighted by Crippen LogP contribution is -1.75. The van der Waals surface area contributed by atoms with Crippen molar-refractivity contribution >= 4 is 6.72 Å². The third-order valence-electron chi connectivity index (χ3n) is 0.597. The van der Waals surface area contributed by atoms with Crippen molar-refractivity contribution in [1.29, 1.82) is 0 Å². The van der Waals surface area contributed by atoms with E-state index in [4.69, 9.17) is 5.11 Å². The van der Waals surface area contributed by atoms with Crippen LogP contribution in [0.2, 0.25) is 0 Å². The molecule has 0 radical (unpaired) electrons. The van der Waals surface area contributed by atoms with Crippen LogP contribution >= 0.6 is 0 Å². The van der Waals surface area contributed by atoms with Gasteiger partial charge in [0.15, 0.2) is 0 Å². The molecule has 0 fully saturated rings. The van der Waals surface area contributed by atoms with Crippen molar-refractivity contribution in [3.05, 3.63) is 11.5 Å². The van der Waals surface area contributed by atoms with Crippen molar-refractivity contribution in [1.82, 2.24) is 0 Å². The molecule has 0 aliphatic carbocycles. The molecule has 2 heteroatoms. The van der Waals surface area contributed by atoms with Gasteiger partial charge in [0.25, 0.3) is 0 Å². The van der Waals surface area contributed by atoms with Crippen molar-refractivity contribution in [3.8, 4) is 0 Å². The zero-order chi connectivity index (χ0) is 5.86. The predicted molar refractivity (Wildman–Crippen MR) is 30.6 cm³/mol. The standard InChI is InChI=1S/C5H9NO/c1-4(2)5(7)6-3/h7H,3H2,1-2H3. The van der Waals surface area contributed by atoms with E-state index in [1.165, 1.54) is 0 Å². The maximum absolute atomic E-state index is 8.59. The second-order valence-electron chi connectivity index (χ2n) is 1.48. The van der Waals surface area contributed by atoms with Crippen molar-refractivity contribution in [2.24, 2.45) is 4.99 Å². The van der Waals surface area contributed by atoms with Crippen LogP contribution in [0.3, 0.4) is 0 Å². The minimum atomic E-state index is 0.0278. The molecule has 0 bridgehead atoms. The number of hydrogen-bond acceptors (Lipinski definition) is 2. The lowest BCUT2D eigenvalue weighted by atomic mass is 10.4. The molecular formula is C5H9NO. The summed E-state index contributed by atoms with van der Waals surface area (Å²) in [5.74, 6) is 0.0278. The zero-order valence-electron chi connectivity index (χ0n) is 4.60. The molecule has 0 aromatic carbocycles. The lowest BCUT2D eigenvalue weighted by Gasteiger charge is -1.88. The summed E-state index contributed by atoms with van der Waals surface area (Å²) in [5.41, 5.74) is 0.787. The second kappa shape index (κ2) is 2.39. The number of aliphatic hydroxyl groups excluding tert-OH is 1. The molecule has 0 amide bonds. The van der Waals surface area contributed by atoms with Gasteiger partial charge in [-0.1, -0.05) is 0 Å². The van der Waals surface area contributed by atoms with Gasteiger partial charge in [0.05, 0.1) is 0 Å². The topological polar surface area (TPSA) is 32.6 Å². The number of allylic oxidation sites excluding steroid dienone is 1. The Kier molecular flexibility index (Phi) is 2.12. The Balaban J connectivity index is 3.98. The van der Waals surface area contributed by atoms with Crippen LogP contribution in [0.4, 0.5) is 0 Å². The van der Waals surface area contributed by atoms with Crippen LogP contribution in [-0.2, 0) is 0 Å².